The van der Waals surface area contributed by atoms with Gasteiger partial charge in [-0.25, -0.2) is 9.59 Å². The molecule has 0 aliphatic carbocycles. The van der Waals surface area contributed by atoms with Gasteiger partial charge in [-0.15, -0.1) is 11.3 Å². The van der Waals surface area contributed by atoms with Crippen LogP contribution < -0.4 is 5.73 Å². The monoisotopic (exact) mass is 477 g/mol. The lowest BCUT2D eigenvalue weighted by Gasteiger charge is -2.40. The second-order valence-corrected chi connectivity index (χ2v) is 10.5. The molecule has 2 rings (SSSR count). The summed E-state index contributed by atoms with van der Waals surface area (Å²) in [5, 5.41) is 11.2. The van der Waals surface area contributed by atoms with Crippen molar-refractivity contribution in [3.8, 4) is 0 Å². The van der Waals surface area contributed by atoms with E-state index in [0.29, 0.717) is 6.54 Å². The fourth-order valence-electron chi connectivity index (χ4n) is 3.88. The molecule has 0 spiro atoms. The summed E-state index contributed by atoms with van der Waals surface area (Å²) in [5.74, 6) is -0.230. The predicted molar refractivity (Wildman–Crippen MR) is 128 cm³/mol. The fraction of sp³-hybridized carbons (Fsp3) is 0.542. The van der Waals surface area contributed by atoms with E-state index in [4.69, 9.17) is 15.2 Å². The van der Waals surface area contributed by atoms with Crippen LogP contribution >= 0.6 is 11.3 Å². The first-order valence-electron chi connectivity index (χ1n) is 11.0. The molecule has 0 saturated carbocycles. The minimum atomic E-state index is -1.18. The van der Waals surface area contributed by atoms with E-state index in [-0.39, 0.29) is 30.4 Å². The van der Waals surface area contributed by atoms with Crippen LogP contribution in [0.25, 0.3) is 0 Å². The summed E-state index contributed by atoms with van der Waals surface area (Å²) in [6, 6.07) is 9.53. The number of aliphatic hydroxyl groups excluding tert-OH is 1. The van der Waals surface area contributed by atoms with Crippen molar-refractivity contribution in [2.24, 2.45) is 17.1 Å². The third-order valence-corrected chi connectivity index (χ3v) is 5.88. The number of primary amides is 1. The number of carbonyl (C=O) groups excluding carboxylic acids is 2. The molecule has 0 bridgehead atoms. The minimum Gasteiger partial charge on any atom is -0.444 e. The highest BCUT2D eigenvalue weighted by Crippen LogP contribution is 2.40. The van der Waals surface area contributed by atoms with Gasteiger partial charge in [-0.2, -0.15) is 0 Å². The molecular formula is C24H35N3O5S. The second kappa shape index (κ2) is 12.0. The Balaban J connectivity index is 2.27. The van der Waals surface area contributed by atoms with Crippen LogP contribution in [0.2, 0.25) is 0 Å². The van der Waals surface area contributed by atoms with Gasteiger partial charge in [-0.3, -0.25) is 4.98 Å². The molecule has 3 unspecified atom stereocenters. The smallest absolute Gasteiger partial charge is 0.410 e. The number of nitrogens with two attached hydrogens (primary N) is 1. The Hall–Kier alpha value is -2.65. The lowest BCUT2D eigenvalue weighted by molar-refractivity contribution is -0.0427. The summed E-state index contributed by atoms with van der Waals surface area (Å²) in [7, 11) is 0. The second-order valence-electron chi connectivity index (χ2n) is 9.54. The van der Waals surface area contributed by atoms with Crippen LogP contribution in [0.4, 0.5) is 9.59 Å². The Morgan fingerprint density at radius 3 is 2.36 bits per heavy atom. The molecule has 3 atom stereocenters. The number of amides is 2. The molecule has 1 heterocycles. The van der Waals surface area contributed by atoms with Crippen molar-refractivity contribution >= 4 is 23.5 Å². The molecule has 8 nitrogen and oxygen atoms in total. The van der Waals surface area contributed by atoms with Crippen LogP contribution in [0, 0.1) is 11.3 Å². The van der Waals surface area contributed by atoms with E-state index in [9.17, 15) is 14.7 Å². The zero-order valence-electron chi connectivity index (χ0n) is 19.9. The summed E-state index contributed by atoms with van der Waals surface area (Å²) in [6.45, 7) is 10.3. The van der Waals surface area contributed by atoms with E-state index in [2.05, 4.69) is 4.98 Å². The lowest BCUT2D eigenvalue weighted by Crippen LogP contribution is -2.49. The number of hydrogen-bond donors (Lipinski definition) is 2. The van der Waals surface area contributed by atoms with E-state index in [0.717, 1.165) is 10.4 Å². The molecule has 0 aliphatic rings. The Morgan fingerprint density at radius 2 is 1.85 bits per heavy atom. The van der Waals surface area contributed by atoms with Crippen molar-refractivity contribution < 1.29 is 24.2 Å². The molecule has 182 valence electrons. The van der Waals surface area contributed by atoms with Gasteiger partial charge < -0.3 is 25.2 Å². The molecule has 0 aliphatic heterocycles. The number of nitrogens with zero attached hydrogens (tertiary/aromatic N) is 2. The van der Waals surface area contributed by atoms with Gasteiger partial charge in [-0.1, -0.05) is 65.0 Å². The van der Waals surface area contributed by atoms with Crippen molar-refractivity contribution in [1.82, 2.24) is 9.88 Å². The van der Waals surface area contributed by atoms with Gasteiger partial charge >= 0.3 is 12.2 Å². The molecule has 0 radical (unpaired) electrons. The molecule has 9 heteroatoms. The van der Waals surface area contributed by atoms with E-state index in [1.165, 1.54) is 16.2 Å². The van der Waals surface area contributed by atoms with E-state index >= 15 is 0 Å². The van der Waals surface area contributed by atoms with Crippen molar-refractivity contribution in [2.75, 3.05) is 13.1 Å². The molecule has 0 saturated heterocycles. The number of rotatable bonds is 10. The van der Waals surface area contributed by atoms with Crippen LogP contribution in [0.5, 0.6) is 0 Å². The molecule has 1 aromatic carbocycles. The quantitative estimate of drug-likeness (QED) is 0.524. The Labute approximate surface area is 199 Å². The van der Waals surface area contributed by atoms with E-state index < -0.39 is 24.4 Å². The summed E-state index contributed by atoms with van der Waals surface area (Å²) in [5.41, 5.74) is 7.57. The van der Waals surface area contributed by atoms with Crippen LogP contribution in [0.15, 0.2) is 42.0 Å². The van der Waals surface area contributed by atoms with Gasteiger partial charge in [0.1, 0.15) is 18.8 Å². The van der Waals surface area contributed by atoms with Crippen LogP contribution in [0.3, 0.4) is 0 Å². The zero-order valence-corrected chi connectivity index (χ0v) is 20.7. The largest absolute Gasteiger partial charge is 0.444 e. The van der Waals surface area contributed by atoms with Crippen LogP contribution in [-0.4, -0.2) is 52.5 Å². The number of hydrogen-bond acceptors (Lipinski definition) is 7. The van der Waals surface area contributed by atoms with Gasteiger partial charge in [0.2, 0.25) is 0 Å². The predicted octanol–water partition coefficient (Wildman–Crippen LogP) is 4.39. The van der Waals surface area contributed by atoms with Gasteiger partial charge in [0, 0.05) is 18.7 Å². The number of benzene rings is 1. The first-order chi connectivity index (χ1) is 15.5. The topological polar surface area (TPSA) is 115 Å². The number of aromatic nitrogens is 1. The SMILES string of the molecule is CC(C)CN(CC(O)C(OC(N)=O)C(c1ccccc1)C(C)(C)C)C(=O)OCc1cncs1. The molecule has 33 heavy (non-hydrogen) atoms. The lowest BCUT2D eigenvalue weighted by atomic mass is 9.72. The van der Waals surface area contributed by atoms with E-state index in [1.807, 2.05) is 65.0 Å². The molecule has 3 N–H and O–H groups in total. The van der Waals surface area contributed by atoms with Crippen molar-refractivity contribution in [2.45, 2.75) is 59.4 Å². The average molecular weight is 478 g/mol. The number of thiazole rings is 1. The maximum absolute atomic E-state index is 12.8. The Morgan fingerprint density at radius 1 is 1.18 bits per heavy atom. The Kier molecular flexibility index (Phi) is 9.67. The summed E-state index contributed by atoms with van der Waals surface area (Å²) >= 11 is 1.39. The maximum atomic E-state index is 12.8. The molecular weight excluding hydrogens is 442 g/mol. The maximum Gasteiger partial charge on any atom is 0.410 e. The van der Waals surface area contributed by atoms with Crippen LogP contribution in [0.1, 0.15) is 51.0 Å². The highest BCUT2D eigenvalue weighted by Gasteiger charge is 2.41. The minimum absolute atomic E-state index is 0.0724. The van der Waals surface area contributed by atoms with Crippen molar-refractivity contribution in [1.29, 1.82) is 0 Å². The molecule has 2 amide bonds. The standard InChI is InChI=1S/C24H35N3O5S/c1-16(2)12-27(23(30)31-14-18-11-26-15-33-18)13-19(28)21(32-22(25)29)20(24(3,4)5)17-9-7-6-8-10-17/h6-11,15-16,19-21,28H,12-14H2,1-5H3,(H2,25,29). The van der Waals surface area contributed by atoms with Gasteiger partial charge in [0.05, 0.1) is 16.9 Å². The Bertz CT molecular complexity index is 868. The van der Waals surface area contributed by atoms with Crippen molar-refractivity contribution in [3.05, 3.63) is 52.5 Å². The highest BCUT2D eigenvalue weighted by atomic mass is 32.1. The van der Waals surface area contributed by atoms with Gasteiger partial charge in [-0.05, 0) is 16.9 Å². The molecule has 0 fully saturated rings. The zero-order chi connectivity index (χ0) is 24.6. The summed E-state index contributed by atoms with van der Waals surface area (Å²) < 4.78 is 10.9. The average Bonchev–Trinajstić information content (AvgIpc) is 3.24. The normalized spacial score (nSPS) is 14.4. The first kappa shape index (κ1) is 26.6. The highest BCUT2D eigenvalue weighted by molar-refractivity contribution is 7.09. The van der Waals surface area contributed by atoms with Gasteiger partial charge in [0.15, 0.2) is 0 Å². The van der Waals surface area contributed by atoms with Crippen molar-refractivity contribution in [3.63, 3.8) is 0 Å². The van der Waals surface area contributed by atoms with Gasteiger partial charge in [0.25, 0.3) is 0 Å². The summed E-state index contributed by atoms with van der Waals surface area (Å²) in [4.78, 5) is 30.9. The molecule has 1 aromatic heterocycles. The third-order valence-electron chi connectivity index (χ3n) is 5.12. The number of carbonyl (C=O) groups is 2. The summed E-state index contributed by atoms with van der Waals surface area (Å²) in [6.07, 6.45) is -2.04. The van der Waals surface area contributed by atoms with Crippen LogP contribution in [-0.2, 0) is 16.1 Å². The van der Waals surface area contributed by atoms with E-state index in [1.54, 1.807) is 11.7 Å². The third kappa shape index (κ3) is 8.33. The first-order valence-corrected chi connectivity index (χ1v) is 11.8. The fourth-order valence-corrected chi connectivity index (χ4v) is 4.38. The number of ether oxygens (including phenoxy) is 2. The molecule has 2 aromatic rings. The number of aliphatic hydroxyl groups is 1.